The van der Waals surface area contributed by atoms with E-state index in [0.717, 1.165) is 30.1 Å². The third kappa shape index (κ3) is 4.35. The van der Waals surface area contributed by atoms with Gasteiger partial charge in [-0.05, 0) is 23.9 Å². The Morgan fingerprint density at radius 1 is 1.04 bits per heavy atom. The molecule has 0 aliphatic rings. The normalized spacial score (nSPS) is 11.5. The van der Waals surface area contributed by atoms with Gasteiger partial charge in [-0.3, -0.25) is 4.98 Å². The first-order valence-corrected chi connectivity index (χ1v) is 8.64. The van der Waals surface area contributed by atoms with Crippen molar-refractivity contribution in [1.29, 1.82) is 0 Å². The van der Waals surface area contributed by atoms with Crippen molar-refractivity contribution in [2.24, 2.45) is 4.99 Å². The first kappa shape index (κ1) is 17.0. The lowest BCUT2D eigenvalue weighted by molar-refractivity contribution is 0.476. The second kappa shape index (κ2) is 8.29. The quantitative estimate of drug-likeness (QED) is 0.570. The highest BCUT2D eigenvalue weighted by Gasteiger charge is 2.07. The molecular formula is C21H24N4. The summed E-state index contributed by atoms with van der Waals surface area (Å²) in [4.78, 5) is 11.5. The van der Waals surface area contributed by atoms with E-state index in [1.807, 2.05) is 30.5 Å². The van der Waals surface area contributed by atoms with Gasteiger partial charge in [0.1, 0.15) is 0 Å². The molecule has 0 saturated heterocycles. The summed E-state index contributed by atoms with van der Waals surface area (Å²) in [7, 11) is 2.06. The molecule has 3 aromatic rings. The van der Waals surface area contributed by atoms with E-state index in [0.29, 0.717) is 6.54 Å². The highest BCUT2D eigenvalue weighted by Crippen LogP contribution is 2.17. The molecule has 0 unspecified atom stereocenters. The molecule has 0 saturated carbocycles. The Morgan fingerprint density at radius 3 is 2.60 bits per heavy atom. The third-order valence-corrected chi connectivity index (χ3v) is 4.09. The van der Waals surface area contributed by atoms with Gasteiger partial charge in [0.15, 0.2) is 5.96 Å². The van der Waals surface area contributed by atoms with Crippen LogP contribution in [0.2, 0.25) is 0 Å². The van der Waals surface area contributed by atoms with Crippen LogP contribution in [0.5, 0.6) is 0 Å². The number of hydrogen-bond donors (Lipinski definition) is 1. The molecule has 0 aliphatic carbocycles. The molecule has 0 amide bonds. The van der Waals surface area contributed by atoms with Crippen LogP contribution in [0.15, 0.2) is 71.9 Å². The number of aliphatic imine (C=N–C) groups is 1. The Bertz CT molecular complexity index is 837. The summed E-state index contributed by atoms with van der Waals surface area (Å²) in [5.74, 6) is 0.890. The van der Waals surface area contributed by atoms with Crippen molar-refractivity contribution >= 4 is 16.7 Å². The minimum absolute atomic E-state index is 0.558. The van der Waals surface area contributed by atoms with Crippen molar-refractivity contribution in [3.05, 3.63) is 78.1 Å². The molecule has 1 aromatic heterocycles. The van der Waals surface area contributed by atoms with Gasteiger partial charge in [0.05, 0.1) is 12.2 Å². The van der Waals surface area contributed by atoms with Gasteiger partial charge >= 0.3 is 0 Å². The number of guanidine groups is 1. The molecule has 128 valence electrons. The van der Waals surface area contributed by atoms with Gasteiger partial charge in [-0.2, -0.15) is 0 Å². The molecule has 2 aromatic carbocycles. The molecule has 4 nitrogen and oxygen atoms in total. The summed E-state index contributed by atoms with van der Waals surface area (Å²) < 4.78 is 0. The van der Waals surface area contributed by atoms with Crippen LogP contribution in [0.1, 0.15) is 18.2 Å². The van der Waals surface area contributed by atoms with Crippen LogP contribution >= 0.6 is 0 Å². The number of nitrogens with one attached hydrogen (secondary N) is 1. The van der Waals surface area contributed by atoms with Crippen LogP contribution in [-0.4, -0.2) is 29.4 Å². The summed E-state index contributed by atoms with van der Waals surface area (Å²) in [6.07, 6.45) is 1.85. The van der Waals surface area contributed by atoms with E-state index >= 15 is 0 Å². The number of aromatic nitrogens is 1. The summed E-state index contributed by atoms with van der Waals surface area (Å²) in [5, 5.41) is 5.73. The smallest absolute Gasteiger partial charge is 0.194 e. The fourth-order valence-corrected chi connectivity index (χ4v) is 2.86. The molecule has 1 heterocycles. The van der Waals surface area contributed by atoms with Gasteiger partial charge in [0, 0.05) is 31.7 Å². The molecule has 0 aliphatic heterocycles. The van der Waals surface area contributed by atoms with Gasteiger partial charge in [0.2, 0.25) is 0 Å². The third-order valence-electron chi connectivity index (χ3n) is 4.09. The zero-order chi connectivity index (χ0) is 17.5. The van der Waals surface area contributed by atoms with E-state index in [9.17, 15) is 0 Å². The van der Waals surface area contributed by atoms with E-state index in [4.69, 9.17) is 4.99 Å². The Kier molecular flexibility index (Phi) is 5.62. The van der Waals surface area contributed by atoms with E-state index in [-0.39, 0.29) is 0 Å². The SMILES string of the molecule is CCNC(=NCc1nccc2ccccc12)N(C)Cc1ccccc1. The van der Waals surface area contributed by atoms with Gasteiger partial charge < -0.3 is 10.2 Å². The Labute approximate surface area is 149 Å². The minimum Gasteiger partial charge on any atom is -0.357 e. The molecule has 0 radical (unpaired) electrons. The Hall–Kier alpha value is -2.88. The second-order valence-corrected chi connectivity index (χ2v) is 5.99. The van der Waals surface area contributed by atoms with Crippen molar-refractivity contribution in [2.45, 2.75) is 20.0 Å². The van der Waals surface area contributed by atoms with Crippen LogP contribution in [0, 0.1) is 0 Å². The Morgan fingerprint density at radius 2 is 1.80 bits per heavy atom. The maximum atomic E-state index is 4.80. The van der Waals surface area contributed by atoms with Gasteiger partial charge in [-0.25, -0.2) is 4.99 Å². The van der Waals surface area contributed by atoms with Crippen molar-refractivity contribution in [3.63, 3.8) is 0 Å². The molecule has 3 rings (SSSR count). The van der Waals surface area contributed by atoms with E-state index < -0.39 is 0 Å². The van der Waals surface area contributed by atoms with Crippen molar-refractivity contribution in [3.8, 4) is 0 Å². The predicted molar refractivity (Wildman–Crippen MR) is 104 cm³/mol. The lowest BCUT2D eigenvalue weighted by Crippen LogP contribution is -2.38. The van der Waals surface area contributed by atoms with E-state index in [2.05, 4.69) is 65.6 Å². The molecule has 25 heavy (non-hydrogen) atoms. The topological polar surface area (TPSA) is 40.5 Å². The molecule has 0 atom stereocenters. The fraction of sp³-hybridized carbons (Fsp3) is 0.238. The fourth-order valence-electron chi connectivity index (χ4n) is 2.86. The van der Waals surface area contributed by atoms with Gasteiger partial charge in [0.25, 0.3) is 0 Å². The highest BCUT2D eigenvalue weighted by atomic mass is 15.3. The average Bonchev–Trinajstić information content (AvgIpc) is 2.66. The van der Waals surface area contributed by atoms with E-state index in [1.165, 1.54) is 10.9 Å². The summed E-state index contributed by atoms with van der Waals surface area (Å²) in [6.45, 7) is 4.29. The maximum Gasteiger partial charge on any atom is 0.194 e. The largest absolute Gasteiger partial charge is 0.357 e. The molecule has 0 spiro atoms. The zero-order valence-corrected chi connectivity index (χ0v) is 14.8. The maximum absolute atomic E-state index is 4.80. The molecule has 0 fully saturated rings. The number of rotatable bonds is 5. The summed E-state index contributed by atoms with van der Waals surface area (Å²) >= 11 is 0. The predicted octanol–water partition coefficient (Wildman–Crippen LogP) is 3.83. The summed E-state index contributed by atoms with van der Waals surface area (Å²) in [6, 6.07) is 20.8. The summed E-state index contributed by atoms with van der Waals surface area (Å²) in [5.41, 5.74) is 2.26. The van der Waals surface area contributed by atoms with Crippen LogP contribution in [0.4, 0.5) is 0 Å². The van der Waals surface area contributed by atoms with Crippen molar-refractivity contribution < 1.29 is 0 Å². The van der Waals surface area contributed by atoms with Crippen LogP contribution < -0.4 is 5.32 Å². The standard InChI is InChI=1S/C21H24N4/c1-3-22-21(25(2)16-17-9-5-4-6-10-17)24-15-20-19-12-8-7-11-18(19)13-14-23-20/h4-14H,3,15-16H2,1-2H3,(H,22,24). The van der Waals surface area contributed by atoms with Gasteiger partial charge in [-0.15, -0.1) is 0 Å². The number of pyridine rings is 1. The number of hydrogen-bond acceptors (Lipinski definition) is 2. The lowest BCUT2D eigenvalue weighted by Gasteiger charge is -2.22. The first-order chi connectivity index (χ1) is 12.3. The van der Waals surface area contributed by atoms with Crippen LogP contribution in [0.25, 0.3) is 10.8 Å². The Balaban J connectivity index is 1.79. The van der Waals surface area contributed by atoms with Crippen LogP contribution in [0.3, 0.4) is 0 Å². The van der Waals surface area contributed by atoms with Gasteiger partial charge in [-0.1, -0.05) is 54.6 Å². The van der Waals surface area contributed by atoms with Crippen LogP contribution in [-0.2, 0) is 13.1 Å². The molecular weight excluding hydrogens is 308 g/mol. The van der Waals surface area contributed by atoms with Crippen molar-refractivity contribution in [1.82, 2.24) is 15.2 Å². The number of fused-ring (bicyclic) bond motifs is 1. The molecule has 1 N–H and O–H groups in total. The van der Waals surface area contributed by atoms with E-state index in [1.54, 1.807) is 0 Å². The first-order valence-electron chi connectivity index (χ1n) is 8.64. The van der Waals surface area contributed by atoms with Crippen molar-refractivity contribution in [2.75, 3.05) is 13.6 Å². The average molecular weight is 332 g/mol. The highest BCUT2D eigenvalue weighted by molar-refractivity contribution is 5.85. The lowest BCUT2D eigenvalue weighted by atomic mass is 10.1. The zero-order valence-electron chi connectivity index (χ0n) is 14.8. The monoisotopic (exact) mass is 332 g/mol. The number of benzene rings is 2. The number of nitrogens with zero attached hydrogens (tertiary/aromatic N) is 3. The molecule has 0 bridgehead atoms. The second-order valence-electron chi connectivity index (χ2n) is 5.99. The molecule has 4 heteroatoms. The minimum atomic E-state index is 0.558.